The summed E-state index contributed by atoms with van der Waals surface area (Å²) in [6.07, 6.45) is 3.85. The second-order valence-electron chi connectivity index (χ2n) is 5.04. The van der Waals surface area contributed by atoms with E-state index < -0.39 is 0 Å². The second-order valence-corrected chi connectivity index (χ2v) is 7.67. The van der Waals surface area contributed by atoms with Crippen LogP contribution in [0.2, 0.25) is 0 Å². The molecule has 1 nitrogen and oxygen atoms in total. The molecular formula is C14H22BrNS. The van der Waals surface area contributed by atoms with Crippen molar-refractivity contribution in [1.82, 2.24) is 5.32 Å². The SMILES string of the molecule is CCCNC1CC(c2cc(Br)sc2C)C1CC. The van der Waals surface area contributed by atoms with Gasteiger partial charge in [0, 0.05) is 10.9 Å². The van der Waals surface area contributed by atoms with Crippen molar-refractivity contribution in [3.63, 3.8) is 0 Å². The van der Waals surface area contributed by atoms with Crippen LogP contribution in [0.3, 0.4) is 0 Å². The molecule has 0 aliphatic heterocycles. The van der Waals surface area contributed by atoms with Crippen LogP contribution in [0.15, 0.2) is 9.85 Å². The molecule has 1 N–H and O–H groups in total. The van der Waals surface area contributed by atoms with Crippen LogP contribution in [0.5, 0.6) is 0 Å². The topological polar surface area (TPSA) is 12.0 Å². The van der Waals surface area contributed by atoms with Crippen LogP contribution >= 0.6 is 27.3 Å². The molecule has 0 radical (unpaired) electrons. The minimum atomic E-state index is 0.753. The molecule has 1 aliphatic carbocycles. The first-order valence-corrected chi connectivity index (χ1v) is 8.27. The minimum Gasteiger partial charge on any atom is -0.314 e. The van der Waals surface area contributed by atoms with Crippen molar-refractivity contribution in [3.05, 3.63) is 20.3 Å². The van der Waals surface area contributed by atoms with Gasteiger partial charge in [0.25, 0.3) is 0 Å². The number of hydrogen-bond acceptors (Lipinski definition) is 2. The fourth-order valence-corrected chi connectivity index (χ4v) is 4.81. The molecule has 0 spiro atoms. The minimum absolute atomic E-state index is 0.753. The summed E-state index contributed by atoms with van der Waals surface area (Å²) in [7, 11) is 0. The molecule has 1 aliphatic rings. The molecule has 1 saturated carbocycles. The number of aryl methyl sites for hydroxylation is 1. The largest absolute Gasteiger partial charge is 0.314 e. The van der Waals surface area contributed by atoms with Crippen molar-refractivity contribution in [2.45, 2.75) is 52.0 Å². The lowest BCUT2D eigenvalue weighted by molar-refractivity contribution is 0.161. The molecule has 1 heterocycles. The molecule has 1 fully saturated rings. The number of hydrogen-bond donors (Lipinski definition) is 1. The van der Waals surface area contributed by atoms with E-state index in [1.54, 1.807) is 5.56 Å². The maximum atomic E-state index is 3.69. The summed E-state index contributed by atoms with van der Waals surface area (Å²) in [5.41, 5.74) is 1.59. The third kappa shape index (κ3) is 2.77. The fourth-order valence-electron chi connectivity index (χ4n) is 3.03. The average Bonchev–Trinajstić information content (AvgIpc) is 2.57. The van der Waals surface area contributed by atoms with Gasteiger partial charge in [-0.25, -0.2) is 0 Å². The highest BCUT2D eigenvalue weighted by atomic mass is 79.9. The van der Waals surface area contributed by atoms with Gasteiger partial charge in [-0.1, -0.05) is 20.3 Å². The number of nitrogens with one attached hydrogen (secondary N) is 1. The predicted octanol–water partition coefficient (Wildman–Crippen LogP) is 4.70. The van der Waals surface area contributed by atoms with Crippen LogP contribution < -0.4 is 5.32 Å². The zero-order chi connectivity index (χ0) is 12.4. The van der Waals surface area contributed by atoms with E-state index in [1.165, 1.54) is 34.5 Å². The van der Waals surface area contributed by atoms with Gasteiger partial charge >= 0.3 is 0 Å². The summed E-state index contributed by atoms with van der Waals surface area (Å²) < 4.78 is 1.28. The summed E-state index contributed by atoms with van der Waals surface area (Å²) in [5, 5.41) is 3.69. The molecule has 17 heavy (non-hydrogen) atoms. The predicted molar refractivity (Wildman–Crippen MR) is 80.0 cm³/mol. The molecule has 0 amide bonds. The summed E-state index contributed by atoms with van der Waals surface area (Å²) in [6.45, 7) is 7.99. The Kier molecular flexibility index (Phi) is 4.67. The van der Waals surface area contributed by atoms with Gasteiger partial charge in [0.1, 0.15) is 0 Å². The molecule has 0 aromatic carbocycles. The zero-order valence-corrected chi connectivity index (χ0v) is 13.3. The number of halogens is 1. The van der Waals surface area contributed by atoms with Crippen molar-refractivity contribution < 1.29 is 0 Å². The van der Waals surface area contributed by atoms with E-state index in [1.807, 2.05) is 11.3 Å². The lowest BCUT2D eigenvalue weighted by Crippen LogP contribution is -2.49. The third-order valence-corrected chi connectivity index (χ3v) is 5.56. The molecule has 1 aromatic heterocycles. The van der Waals surface area contributed by atoms with E-state index >= 15 is 0 Å². The van der Waals surface area contributed by atoms with Crippen LogP contribution in [0.25, 0.3) is 0 Å². The van der Waals surface area contributed by atoms with E-state index in [4.69, 9.17) is 0 Å². The van der Waals surface area contributed by atoms with Crippen LogP contribution in [0.1, 0.15) is 49.5 Å². The Hall–Kier alpha value is 0.140. The number of rotatable bonds is 5. The second kappa shape index (κ2) is 5.85. The molecule has 3 heteroatoms. The van der Waals surface area contributed by atoms with Crippen LogP contribution in [-0.4, -0.2) is 12.6 Å². The third-order valence-electron chi connectivity index (χ3n) is 4.00. The molecular weight excluding hydrogens is 294 g/mol. The van der Waals surface area contributed by atoms with Gasteiger partial charge in [-0.2, -0.15) is 0 Å². The molecule has 96 valence electrons. The van der Waals surface area contributed by atoms with Crippen molar-refractivity contribution in [1.29, 1.82) is 0 Å². The Balaban J connectivity index is 2.02. The van der Waals surface area contributed by atoms with Gasteiger partial charge in [-0.05, 0) is 65.7 Å². The summed E-state index contributed by atoms with van der Waals surface area (Å²) in [5.74, 6) is 1.62. The summed E-state index contributed by atoms with van der Waals surface area (Å²) in [6, 6.07) is 3.09. The molecule has 1 aromatic rings. The van der Waals surface area contributed by atoms with Crippen molar-refractivity contribution in [2.24, 2.45) is 5.92 Å². The van der Waals surface area contributed by atoms with Crippen molar-refractivity contribution in [3.8, 4) is 0 Å². The highest BCUT2D eigenvalue weighted by molar-refractivity contribution is 9.11. The highest BCUT2D eigenvalue weighted by Crippen LogP contribution is 2.47. The van der Waals surface area contributed by atoms with E-state index in [9.17, 15) is 0 Å². The Morgan fingerprint density at radius 3 is 2.76 bits per heavy atom. The first-order valence-electron chi connectivity index (χ1n) is 6.66. The fraction of sp³-hybridized carbons (Fsp3) is 0.714. The maximum Gasteiger partial charge on any atom is 0.0704 e. The van der Waals surface area contributed by atoms with Crippen molar-refractivity contribution >= 4 is 27.3 Å². The van der Waals surface area contributed by atoms with Gasteiger partial charge in [-0.3, -0.25) is 0 Å². The summed E-state index contributed by atoms with van der Waals surface area (Å²) >= 11 is 5.48. The molecule has 3 atom stereocenters. The van der Waals surface area contributed by atoms with Gasteiger partial charge in [0.05, 0.1) is 3.79 Å². The monoisotopic (exact) mass is 315 g/mol. The van der Waals surface area contributed by atoms with Crippen LogP contribution in [0, 0.1) is 12.8 Å². The quantitative estimate of drug-likeness (QED) is 0.830. The Morgan fingerprint density at radius 1 is 1.47 bits per heavy atom. The van der Waals surface area contributed by atoms with Gasteiger partial charge < -0.3 is 5.32 Å². The van der Waals surface area contributed by atoms with E-state index in [2.05, 4.69) is 48.1 Å². The summed E-state index contributed by atoms with van der Waals surface area (Å²) in [4.78, 5) is 1.49. The first kappa shape index (κ1) is 13.6. The Bertz CT molecular complexity index is 374. The molecule has 0 bridgehead atoms. The first-order chi connectivity index (χ1) is 8.17. The Morgan fingerprint density at radius 2 is 2.24 bits per heavy atom. The van der Waals surface area contributed by atoms with Gasteiger partial charge in [0.15, 0.2) is 0 Å². The lowest BCUT2D eigenvalue weighted by atomic mass is 9.65. The Labute approximate surface area is 117 Å². The standard InChI is InChI=1S/C14H22BrNS/c1-4-6-16-13-7-12(10(13)5-2)11-8-14(15)17-9(11)3/h8,10,12-13,16H,4-7H2,1-3H3. The number of thiophene rings is 1. The average molecular weight is 316 g/mol. The lowest BCUT2D eigenvalue weighted by Gasteiger charge is -2.45. The highest BCUT2D eigenvalue weighted by Gasteiger charge is 2.40. The normalized spacial score (nSPS) is 28.1. The maximum absolute atomic E-state index is 3.69. The van der Waals surface area contributed by atoms with Crippen LogP contribution in [0.4, 0.5) is 0 Å². The zero-order valence-electron chi connectivity index (χ0n) is 10.9. The van der Waals surface area contributed by atoms with Crippen LogP contribution in [-0.2, 0) is 0 Å². The van der Waals surface area contributed by atoms with Gasteiger partial charge in [-0.15, -0.1) is 11.3 Å². The van der Waals surface area contributed by atoms with Crippen molar-refractivity contribution in [2.75, 3.05) is 6.54 Å². The molecule has 0 saturated heterocycles. The molecule has 3 unspecified atom stereocenters. The smallest absolute Gasteiger partial charge is 0.0704 e. The van der Waals surface area contributed by atoms with Gasteiger partial charge in [0.2, 0.25) is 0 Å². The van der Waals surface area contributed by atoms with E-state index in [0.29, 0.717) is 0 Å². The van der Waals surface area contributed by atoms with E-state index in [0.717, 1.165) is 17.9 Å². The van der Waals surface area contributed by atoms with E-state index in [-0.39, 0.29) is 0 Å². The molecule has 2 rings (SSSR count).